The second-order valence-corrected chi connectivity index (χ2v) is 5.40. The largest absolute Gasteiger partial charge is 0.337 e. The van der Waals surface area contributed by atoms with Gasteiger partial charge >= 0.3 is 7.60 Å². The number of hydrogen-bond acceptors (Lipinski definition) is 4. The van der Waals surface area contributed by atoms with E-state index in [1.165, 1.54) is 14.2 Å². The standard InChI is InChI=1S/C10H19O4P/c1-4-5-6-7-8-10(11)9-15(12,13-2)14-3/h4-5H,6-9H2,1-3H3/b5-4-. The molecule has 0 rings (SSSR count). The second kappa shape index (κ2) is 7.80. The summed E-state index contributed by atoms with van der Waals surface area (Å²) in [6.45, 7) is 1.94. The fourth-order valence-corrected chi connectivity index (χ4v) is 2.08. The molecule has 0 aromatic heterocycles. The van der Waals surface area contributed by atoms with Crippen molar-refractivity contribution in [3.63, 3.8) is 0 Å². The Hall–Kier alpha value is -0.440. The quantitative estimate of drug-likeness (QED) is 0.368. The zero-order valence-corrected chi connectivity index (χ0v) is 10.5. The summed E-state index contributed by atoms with van der Waals surface area (Å²) in [6, 6.07) is 0. The van der Waals surface area contributed by atoms with Gasteiger partial charge in [0.1, 0.15) is 11.9 Å². The number of rotatable bonds is 8. The van der Waals surface area contributed by atoms with Gasteiger partial charge < -0.3 is 9.05 Å². The summed E-state index contributed by atoms with van der Waals surface area (Å²) in [5.74, 6) is -0.0773. The van der Waals surface area contributed by atoms with Gasteiger partial charge in [0.25, 0.3) is 0 Å². The predicted octanol–water partition coefficient (Wildman–Crippen LogP) is 2.79. The molecule has 0 saturated heterocycles. The van der Waals surface area contributed by atoms with Crippen molar-refractivity contribution in [2.75, 3.05) is 20.4 Å². The number of Topliss-reactive ketones (excluding diaryl/α,β-unsaturated/α-hetero) is 1. The topological polar surface area (TPSA) is 52.6 Å². The van der Waals surface area contributed by atoms with Crippen LogP contribution in [0.3, 0.4) is 0 Å². The number of ketones is 1. The Morgan fingerprint density at radius 3 is 2.40 bits per heavy atom. The fourth-order valence-electron chi connectivity index (χ4n) is 1.08. The van der Waals surface area contributed by atoms with Gasteiger partial charge in [0, 0.05) is 20.6 Å². The average Bonchev–Trinajstić information content (AvgIpc) is 2.24. The minimum absolute atomic E-state index is 0.0773. The molecule has 0 fully saturated rings. The van der Waals surface area contributed by atoms with Gasteiger partial charge in [0.2, 0.25) is 0 Å². The van der Waals surface area contributed by atoms with Gasteiger partial charge in [-0.25, -0.2) is 0 Å². The monoisotopic (exact) mass is 234 g/mol. The lowest BCUT2D eigenvalue weighted by Crippen LogP contribution is -2.07. The van der Waals surface area contributed by atoms with E-state index in [9.17, 15) is 9.36 Å². The van der Waals surface area contributed by atoms with E-state index in [0.717, 1.165) is 12.8 Å². The SMILES string of the molecule is C/C=C\CCCC(=O)CP(=O)(OC)OC. The lowest BCUT2D eigenvalue weighted by Gasteiger charge is -2.11. The first kappa shape index (κ1) is 14.6. The fraction of sp³-hybridized carbons (Fsp3) is 0.700. The molecule has 5 heteroatoms. The molecule has 0 aliphatic carbocycles. The Morgan fingerprint density at radius 1 is 1.33 bits per heavy atom. The van der Waals surface area contributed by atoms with E-state index in [2.05, 4.69) is 9.05 Å². The predicted molar refractivity (Wildman–Crippen MR) is 60.2 cm³/mol. The van der Waals surface area contributed by atoms with Crippen LogP contribution < -0.4 is 0 Å². The molecule has 0 N–H and O–H groups in total. The van der Waals surface area contributed by atoms with Crippen LogP contribution in [0.5, 0.6) is 0 Å². The van der Waals surface area contributed by atoms with Crippen LogP contribution in [0, 0.1) is 0 Å². The van der Waals surface area contributed by atoms with Gasteiger partial charge in [0.05, 0.1) is 0 Å². The highest BCUT2D eigenvalue weighted by molar-refractivity contribution is 7.54. The van der Waals surface area contributed by atoms with Crippen molar-refractivity contribution in [3.05, 3.63) is 12.2 Å². The van der Waals surface area contributed by atoms with Crippen molar-refractivity contribution < 1.29 is 18.4 Å². The molecule has 0 bridgehead atoms. The highest BCUT2D eigenvalue weighted by Crippen LogP contribution is 2.46. The first-order valence-corrected chi connectivity index (χ1v) is 6.64. The molecule has 0 heterocycles. The normalized spacial score (nSPS) is 12.2. The maximum absolute atomic E-state index is 11.6. The van der Waals surface area contributed by atoms with Crippen molar-refractivity contribution in [2.45, 2.75) is 26.2 Å². The molecule has 0 unspecified atom stereocenters. The Kier molecular flexibility index (Phi) is 7.57. The van der Waals surface area contributed by atoms with Crippen molar-refractivity contribution in [1.82, 2.24) is 0 Å². The number of unbranched alkanes of at least 4 members (excludes halogenated alkanes) is 1. The van der Waals surface area contributed by atoms with E-state index < -0.39 is 7.60 Å². The van der Waals surface area contributed by atoms with Gasteiger partial charge in [0.15, 0.2) is 0 Å². The number of hydrogen-bond donors (Lipinski definition) is 0. The zero-order valence-electron chi connectivity index (χ0n) is 9.56. The van der Waals surface area contributed by atoms with E-state index in [0.29, 0.717) is 6.42 Å². The Balaban J connectivity index is 3.87. The maximum atomic E-state index is 11.6. The lowest BCUT2D eigenvalue weighted by atomic mass is 10.2. The van der Waals surface area contributed by atoms with Gasteiger partial charge in [-0.15, -0.1) is 0 Å². The molecule has 0 atom stereocenters. The molecular formula is C10H19O4P. The van der Waals surface area contributed by atoms with E-state index in [1.54, 1.807) is 0 Å². The van der Waals surface area contributed by atoms with Crippen LogP contribution in [0.1, 0.15) is 26.2 Å². The number of carbonyl (C=O) groups is 1. The third-order valence-electron chi connectivity index (χ3n) is 1.99. The Bertz CT molecular complexity index is 252. The zero-order chi connectivity index (χ0) is 11.7. The average molecular weight is 234 g/mol. The summed E-state index contributed by atoms with van der Waals surface area (Å²) in [6.07, 6.45) is 5.87. The van der Waals surface area contributed by atoms with E-state index in [4.69, 9.17) is 0 Å². The molecule has 0 aliphatic rings. The van der Waals surface area contributed by atoms with E-state index in [1.807, 2.05) is 19.1 Å². The van der Waals surface area contributed by atoms with Crippen LogP contribution in [-0.2, 0) is 18.4 Å². The van der Waals surface area contributed by atoms with Gasteiger partial charge in [-0.1, -0.05) is 12.2 Å². The number of carbonyl (C=O) groups excluding carboxylic acids is 1. The summed E-state index contributed by atoms with van der Waals surface area (Å²) in [4.78, 5) is 11.4. The van der Waals surface area contributed by atoms with Crippen molar-refractivity contribution >= 4 is 13.4 Å². The van der Waals surface area contributed by atoms with Crippen molar-refractivity contribution in [3.8, 4) is 0 Å². The first-order valence-electron chi connectivity index (χ1n) is 4.91. The first-order chi connectivity index (χ1) is 7.08. The summed E-state index contributed by atoms with van der Waals surface area (Å²) in [5.41, 5.74) is 0. The van der Waals surface area contributed by atoms with Crippen LogP contribution in [0.25, 0.3) is 0 Å². The lowest BCUT2D eigenvalue weighted by molar-refractivity contribution is -0.117. The van der Waals surface area contributed by atoms with Crippen LogP contribution >= 0.6 is 7.60 Å². The van der Waals surface area contributed by atoms with E-state index in [-0.39, 0.29) is 11.9 Å². The van der Waals surface area contributed by atoms with Crippen LogP contribution in [0.2, 0.25) is 0 Å². The summed E-state index contributed by atoms with van der Waals surface area (Å²) in [7, 11) is -0.582. The molecule has 4 nitrogen and oxygen atoms in total. The highest BCUT2D eigenvalue weighted by atomic mass is 31.2. The Labute approximate surface area is 91.2 Å². The molecule has 15 heavy (non-hydrogen) atoms. The number of allylic oxidation sites excluding steroid dienone is 2. The maximum Gasteiger partial charge on any atom is 0.337 e. The van der Waals surface area contributed by atoms with Crippen LogP contribution in [0.4, 0.5) is 0 Å². The molecule has 0 radical (unpaired) electrons. The van der Waals surface area contributed by atoms with Gasteiger partial charge in [-0.2, -0.15) is 0 Å². The van der Waals surface area contributed by atoms with Gasteiger partial charge in [-0.3, -0.25) is 9.36 Å². The molecule has 88 valence electrons. The molecule has 0 amide bonds. The van der Waals surface area contributed by atoms with Crippen LogP contribution in [0.15, 0.2) is 12.2 Å². The third kappa shape index (κ3) is 6.61. The van der Waals surface area contributed by atoms with Crippen molar-refractivity contribution in [2.24, 2.45) is 0 Å². The smallest absolute Gasteiger partial charge is 0.312 e. The minimum Gasteiger partial charge on any atom is -0.312 e. The third-order valence-corrected chi connectivity index (χ3v) is 3.84. The summed E-state index contributed by atoms with van der Waals surface area (Å²) >= 11 is 0. The minimum atomic E-state index is -3.16. The highest BCUT2D eigenvalue weighted by Gasteiger charge is 2.24. The Morgan fingerprint density at radius 2 is 1.93 bits per heavy atom. The van der Waals surface area contributed by atoms with Crippen molar-refractivity contribution in [1.29, 1.82) is 0 Å². The molecule has 0 aromatic carbocycles. The molecule has 0 aliphatic heterocycles. The molecule has 0 saturated carbocycles. The molecule has 0 spiro atoms. The second-order valence-electron chi connectivity index (χ2n) is 3.13. The van der Waals surface area contributed by atoms with Gasteiger partial charge in [-0.05, 0) is 19.8 Å². The van der Waals surface area contributed by atoms with E-state index >= 15 is 0 Å². The summed E-state index contributed by atoms with van der Waals surface area (Å²) in [5, 5.41) is 0. The van der Waals surface area contributed by atoms with Crippen LogP contribution in [-0.4, -0.2) is 26.2 Å². The summed E-state index contributed by atoms with van der Waals surface area (Å²) < 4.78 is 20.9. The molecular weight excluding hydrogens is 215 g/mol. The molecule has 0 aromatic rings.